The average molecular weight is 351 g/mol. The van der Waals surface area contributed by atoms with Crippen LogP contribution in [0.3, 0.4) is 0 Å². The van der Waals surface area contributed by atoms with Gasteiger partial charge in [-0.1, -0.05) is 19.3 Å². The Morgan fingerprint density at radius 2 is 1.88 bits per heavy atom. The van der Waals surface area contributed by atoms with Gasteiger partial charge in [0, 0.05) is 30.5 Å². The summed E-state index contributed by atoms with van der Waals surface area (Å²) in [6.45, 7) is 6.44. The number of tetrazole rings is 1. The van der Waals surface area contributed by atoms with Gasteiger partial charge in [0.15, 0.2) is 5.65 Å². The third-order valence-corrected chi connectivity index (χ3v) is 5.72. The van der Waals surface area contributed by atoms with Crippen molar-refractivity contribution >= 4 is 22.5 Å². The van der Waals surface area contributed by atoms with Crippen LogP contribution in [0.5, 0.6) is 0 Å². The standard InChI is InChI=1S/C20H25N5O/c1-13-9-16-11-17(12-24(15(3)26)18-7-5-4-6-8-18)20-21-22-23-25(20)19(16)10-14(13)2/h9-11,18H,4-8,12H2,1-3H3. The van der Waals surface area contributed by atoms with Gasteiger partial charge in [-0.25, -0.2) is 0 Å². The maximum absolute atomic E-state index is 12.4. The summed E-state index contributed by atoms with van der Waals surface area (Å²) >= 11 is 0. The van der Waals surface area contributed by atoms with E-state index in [2.05, 4.69) is 47.6 Å². The summed E-state index contributed by atoms with van der Waals surface area (Å²) in [5.41, 5.74) is 5.21. The highest BCUT2D eigenvalue weighted by Gasteiger charge is 2.24. The van der Waals surface area contributed by atoms with Crippen LogP contribution in [0, 0.1) is 13.8 Å². The SMILES string of the molecule is CC(=O)N(Cc1cc2cc(C)c(C)cc2n2nnnc12)C1CCCCC1. The predicted octanol–water partition coefficient (Wildman–Crippen LogP) is 3.58. The Morgan fingerprint density at radius 1 is 1.15 bits per heavy atom. The third-order valence-electron chi connectivity index (χ3n) is 5.72. The van der Waals surface area contributed by atoms with E-state index >= 15 is 0 Å². The highest BCUT2D eigenvalue weighted by molar-refractivity contribution is 5.84. The van der Waals surface area contributed by atoms with Gasteiger partial charge >= 0.3 is 0 Å². The molecule has 0 atom stereocenters. The highest BCUT2D eigenvalue weighted by atomic mass is 16.2. The fourth-order valence-corrected chi connectivity index (χ4v) is 4.11. The summed E-state index contributed by atoms with van der Waals surface area (Å²) < 4.78 is 1.80. The van der Waals surface area contributed by atoms with Crippen LogP contribution >= 0.6 is 0 Å². The number of hydrogen-bond acceptors (Lipinski definition) is 4. The lowest BCUT2D eigenvalue weighted by Crippen LogP contribution is -2.39. The maximum atomic E-state index is 12.4. The van der Waals surface area contributed by atoms with Gasteiger partial charge in [0.2, 0.25) is 5.91 Å². The van der Waals surface area contributed by atoms with Gasteiger partial charge in [0.25, 0.3) is 0 Å². The molecule has 0 aliphatic heterocycles. The molecular weight excluding hydrogens is 326 g/mol. The van der Waals surface area contributed by atoms with Crippen LogP contribution < -0.4 is 0 Å². The van der Waals surface area contributed by atoms with Crippen LogP contribution in [0.2, 0.25) is 0 Å². The summed E-state index contributed by atoms with van der Waals surface area (Å²) in [7, 11) is 0. The van der Waals surface area contributed by atoms with Crippen molar-refractivity contribution in [1.82, 2.24) is 24.9 Å². The molecule has 1 saturated carbocycles. The second-order valence-corrected chi connectivity index (χ2v) is 7.52. The zero-order chi connectivity index (χ0) is 18.3. The van der Waals surface area contributed by atoms with Gasteiger partial charge in [0.05, 0.1) is 5.52 Å². The van der Waals surface area contributed by atoms with Gasteiger partial charge in [-0.15, -0.1) is 5.10 Å². The molecular formula is C20H25N5O. The van der Waals surface area contributed by atoms with Crippen molar-refractivity contribution in [2.45, 2.75) is 65.5 Å². The van der Waals surface area contributed by atoms with Crippen molar-refractivity contribution in [3.05, 3.63) is 34.9 Å². The molecule has 1 aliphatic rings. The quantitative estimate of drug-likeness (QED) is 0.723. The van der Waals surface area contributed by atoms with E-state index in [1.54, 1.807) is 11.4 Å². The number of amides is 1. The summed E-state index contributed by atoms with van der Waals surface area (Å²) in [6.07, 6.45) is 5.85. The normalized spacial score (nSPS) is 15.7. The molecule has 1 aromatic carbocycles. The summed E-state index contributed by atoms with van der Waals surface area (Å²) in [5, 5.41) is 13.4. The van der Waals surface area contributed by atoms with Gasteiger partial charge in [-0.05, 0) is 66.4 Å². The number of benzene rings is 1. The molecule has 2 aromatic heterocycles. The molecule has 1 amide bonds. The number of pyridine rings is 1. The first kappa shape index (κ1) is 16.9. The molecule has 0 spiro atoms. The summed E-state index contributed by atoms with van der Waals surface area (Å²) in [5.74, 6) is 0.128. The van der Waals surface area contributed by atoms with E-state index in [1.165, 1.54) is 30.4 Å². The number of aromatic nitrogens is 4. The van der Waals surface area contributed by atoms with E-state index in [1.807, 2.05) is 4.90 Å². The van der Waals surface area contributed by atoms with E-state index in [9.17, 15) is 4.79 Å². The maximum Gasteiger partial charge on any atom is 0.219 e. The van der Waals surface area contributed by atoms with Crippen molar-refractivity contribution in [3.63, 3.8) is 0 Å². The molecule has 26 heavy (non-hydrogen) atoms. The Kier molecular flexibility index (Phi) is 4.34. The lowest BCUT2D eigenvalue weighted by molar-refractivity contribution is -0.132. The van der Waals surface area contributed by atoms with Gasteiger partial charge in [-0.3, -0.25) is 4.79 Å². The lowest BCUT2D eigenvalue weighted by Gasteiger charge is -2.33. The monoisotopic (exact) mass is 351 g/mol. The minimum absolute atomic E-state index is 0.128. The lowest BCUT2D eigenvalue weighted by atomic mass is 9.93. The predicted molar refractivity (Wildman–Crippen MR) is 101 cm³/mol. The molecule has 0 bridgehead atoms. The highest BCUT2D eigenvalue weighted by Crippen LogP contribution is 2.27. The topological polar surface area (TPSA) is 63.4 Å². The zero-order valence-electron chi connectivity index (χ0n) is 15.7. The molecule has 3 aromatic rings. The first-order valence-electron chi connectivity index (χ1n) is 9.43. The smallest absolute Gasteiger partial charge is 0.219 e. The summed E-state index contributed by atoms with van der Waals surface area (Å²) in [4.78, 5) is 14.4. The number of aryl methyl sites for hydroxylation is 2. The molecule has 0 N–H and O–H groups in total. The van der Waals surface area contributed by atoms with Crippen LogP contribution in [0.4, 0.5) is 0 Å². The average Bonchev–Trinajstić information content (AvgIpc) is 3.12. The Labute approximate surface area is 153 Å². The van der Waals surface area contributed by atoms with E-state index in [4.69, 9.17) is 0 Å². The van der Waals surface area contributed by atoms with Crippen LogP contribution in [0.25, 0.3) is 16.6 Å². The molecule has 1 fully saturated rings. The molecule has 6 nitrogen and oxygen atoms in total. The van der Waals surface area contributed by atoms with Crippen LogP contribution in [0.15, 0.2) is 18.2 Å². The first-order valence-corrected chi connectivity index (χ1v) is 9.43. The Hall–Kier alpha value is -2.50. The minimum atomic E-state index is 0.128. The van der Waals surface area contributed by atoms with Gasteiger partial charge in [-0.2, -0.15) is 4.52 Å². The second kappa shape index (κ2) is 6.67. The Balaban J connectivity index is 1.80. The van der Waals surface area contributed by atoms with Gasteiger partial charge < -0.3 is 4.90 Å². The largest absolute Gasteiger partial charge is 0.335 e. The fourth-order valence-electron chi connectivity index (χ4n) is 4.11. The summed E-state index contributed by atoms with van der Waals surface area (Å²) in [6, 6.07) is 6.77. The molecule has 0 saturated heterocycles. The van der Waals surface area contributed by atoms with E-state index in [0.29, 0.717) is 12.6 Å². The number of carbonyl (C=O) groups excluding carboxylic acids is 1. The first-order chi connectivity index (χ1) is 12.5. The fraction of sp³-hybridized carbons (Fsp3) is 0.500. The minimum Gasteiger partial charge on any atom is -0.335 e. The number of hydrogen-bond donors (Lipinski definition) is 0. The third kappa shape index (κ3) is 2.93. The molecule has 4 rings (SSSR count). The molecule has 1 aliphatic carbocycles. The molecule has 0 radical (unpaired) electrons. The Bertz CT molecular complexity index is 971. The molecule has 0 unspecified atom stereocenters. The van der Waals surface area contributed by atoms with Crippen molar-refractivity contribution in [1.29, 1.82) is 0 Å². The number of rotatable bonds is 3. The van der Waals surface area contributed by atoms with E-state index < -0.39 is 0 Å². The van der Waals surface area contributed by atoms with Crippen molar-refractivity contribution in [2.24, 2.45) is 0 Å². The van der Waals surface area contributed by atoms with Crippen molar-refractivity contribution < 1.29 is 4.79 Å². The molecule has 136 valence electrons. The molecule has 2 heterocycles. The number of nitrogens with zero attached hydrogens (tertiary/aromatic N) is 5. The Morgan fingerprint density at radius 3 is 2.62 bits per heavy atom. The van der Waals surface area contributed by atoms with E-state index in [0.717, 1.165) is 35.0 Å². The number of carbonyl (C=O) groups is 1. The molecule has 6 heteroatoms. The number of fused-ring (bicyclic) bond motifs is 3. The van der Waals surface area contributed by atoms with E-state index in [-0.39, 0.29) is 5.91 Å². The van der Waals surface area contributed by atoms with Crippen molar-refractivity contribution in [3.8, 4) is 0 Å². The van der Waals surface area contributed by atoms with Crippen LogP contribution in [-0.4, -0.2) is 36.9 Å². The van der Waals surface area contributed by atoms with Gasteiger partial charge in [0.1, 0.15) is 0 Å². The van der Waals surface area contributed by atoms with Crippen LogP contribution in [-0.2, 0) is 11.3 Å². The second-order valence-electron chi connectivity index (χ2n) is 7.52. The van der Waals surface area contributed by atoms with Crippen LogP contribution in [0.1, 0.15) is 55.7 Å². The zero-order valence-corrected chi connectivity index (χ0v) is 15.7. The van der Waals surface area contributed by atoms with Crippen molar-refractivity contribution in [2.75, 3.05) is 0 Å².